The van der Waals surface area contributed by atoms with Crippen molar-refractivity contribution in [2.24, 2.45) is 5.16 Å². The fourth-order valence-electron chi connectivity index (χ4n) is 0.851. The second-order valence-electron chi connectivity index (χ2n) is 2.94. The molecule has 0 radical (unpaired) electrons. The van der Waals surface area contributed by atoms with Crippen LogP contribution in [0.5, 0.6) is 5.75 Å². The molecule has 1 aromatic carbocycles. The highest BCUT2D eigenvalue weighted by Crippen LogP contribution is 2.10. The quantitative estimate of drug-likeness (QED) is 0.439. The number of aryl methyl sites for hydroxylation is 1. The molecular weight excluding hydrogens is 166 g/mol. The van der Waals surface area contributed by atoms with E-state index in [-0.39, 0.29) is 0 Å². The van der Waals surface area contributed by atoms with Crippen LogP contribution in [-0.4, -0.2) is 17.5 Å². The smallest absolute Gasteiger partial charge is 0.129 e. The SMILES string of the molecule is C/C(COc1ccc(C)cc1)=N\O. The average molecular weight is 179 g/mol. The number of hydrogen-bond acceptors (Lipinski definition) is 3. The van der Waals surface area contributed by atoms with E-state index in [4.69, 9.17) is 9.94 Å². The van der Waals surface area contributed by atoms with Gasteiger partial charge in [-0.25, -0.2) is 0 Å². The summed E-state index contributed by atoms with van der Waals surface area (Å²) >= 11 is 0. The predicted molar refractivity (Wildman–Crippen MR) is 51.6 cm³/mol. The van der Waals surface area contributed by atoms with Crippen LogP contribution in [0.1, 0.15) is 12.5 Å². The first kappa shape index (κ1) is 9.58. The Kier molecular flexibility index (Phi) is 3.31. The Morgan fingerprint density at radius 1 is 1.38 bits per heavy atom. The van der Waals surface area contributed by atoms with Crippen molar-refractivity contribution in [3.05, 3.63) is 29.8 Å². The van der Waals surface area contributed by atoms with Gasteiger partial charge in [-0.2, -0.15) is 0 Å². The highest BCUT2D eigenvalue weighted by molar-refractivity contribution is 5.82. The van der Waals surface area contributed by atoms with Crippen LogP contribution in [0.3, 0.4) is 0 Å². The molecule has 3 heteroatoms. The molecule has 0 atom stereocenters. The molecule has 0 unspecified atom stereocenters. The number of oxime groups is 1. The van der Waals surface area contributed by atoms with Crippen LogP contribution in [0.4, 0.5) is 0 Å². The molecule has 1 rings (SSSR count). The summed E-state index contributed by atoms with van der Waals surface area (Å²) in [6, 6.07) is 7.72. The van der Waals surface area contributed by atoms with Gasteiger partial charge >= 0.3 is 0 Å². The van der Waals surface area contributed by atoms with Crippen LogP contribution in [0.25, 0.3) is 0 Å². The lowest BCUT2D eigenvalue weighted by molar-refractivity contribution is 0.307. The zero-order valence-corrected chi connectivity index (χ0v) is 7.82. The van der Waals surface area contributed by atoms with Gasteiger partial charge in [-0.15, -0.1) is 0 Å². The highest BCUT2D eigenvalue weighted by atomic mass is 16.5. The third-order valence-electron chi connectivity index (χ3n) is 1.64. The van der Waals surface area contributed by atoms with Crippen LogP contribution in [0.15, 0.2) is 29.4 Å². The van der Waals surface area contributed by atoms with Crippen LogP contribution < -0.4 is 4.74 Å². The van der Waals surface area contributed by atoms with Gasteiger partial charge in [-0.1, -0.05) is 22.9 Å². The van der Waals surface area contributed by atoms with E-state index < -0.39 is 0 Å². The molecule has 0 aliphatic carbocycles. The number of hydrogen-bond donors (Lipinski definition) is 1. The Hall–Kier alpha value is -1.51. The first-order valence-corrected chi connectivity index (χ1v) is 4.09. The van der Waals surface area contributed by atoms with Gasteiger partial charge in [0.25, 0.3) is 0 Å². The highest BCUT2D eigenvalue weighted by Gasteiger charge is 1.94. The lowest BCUT2D eigenvalue weighted by atomic mass is 10.2. The Bertz CT molecular complexity index is 290. The van der Waals surface area contributed by atoms with E-state index in [9.17, 15) is 0 Å². The van der Waals surface area contributed by atoms with Gasteiger partial charge in [-0.05, 0) is 26.0 Å². The number of nitrogens with zero attached hydrogens (tertiary/aromatic N) is 1. The maximum atomic E-state index is 8.36. The van der Waals surface area contributed by atoms with Crippen molar-refractivity contribution in [3.8, 4) is 5.75 Å². The Balaban J connectivity index is 2.51. The average Bonchev–Trinajstić information content (AvgIpc) is 2.16. The van der Waals surface area contributed by atoms with Crippen LogP contribution in [0, 0.1) is 6.92 Å². The van der Waals surface area contributed by atoms with E-state index >= 15 is 0 Å². The molecule has 1 N–H and O–H groups in total. The molecule has 0 spiro atoms. The third kappa shape index (κ3) is 3.15. The molecule has 0 fully saturated rings. The van der Waals surface area contributed by atoms with Crippen molar-refractivity contribution in [1.82, 2.24) is 0 Å². The summed E-state index contributed by atoms with van der Waals surface area (Å²) in [4.78, 5) is 0. The number of benzene rings is 1. The minimum atomic E-state index is 0.319. The van der Waals surface area contributed by atoms with Crippen molar-refractivity contribution in [3.63, 3.8) is 0 Å². The van der Waals surface area contributed by atoms with E-state index in [2.05, 4.69) is 5.16 Å². The van der Waals surface area contributed by atoms with Gasteiger partial charge in [0, 0.05) is 0 Å². The summed E-state index contributed by atoms with van der Waals surface area (Å²) in [7, 11) is 0. The molecule has 1 aromatic rings. The lowest BCUT2D eigenvalue weighted by Gasteiger charge is -2.04. The molecule has 70 valence electrons. The van der Waals surface area contributed by atoms with Gasteiger partial charge in [-0.3, -0.25) is 0 Å². The van der Waals surface area contributed by atoms with Crippen molar-refractivity contribution in [2.45, 2.75) is 13.8 Å². The lowest BCUT2D eigenvalue weighted by Crippen LogP contribution is -2.07. The summed E-state index contributed by atoms with van der Waals surface area (Å²) in [5.74, 6) is 0.786. The van der Waals surface area contributed by atoms with Gasteiger partial charge in [0.2, 0.25) is 0 Å². The van der Waals surface area contributed by atoms with Gasteiger partial charge < -0.3 is 9.94 Å². The number of rotatable bonds is 3. The molecule has 0 amide bonds. The van der Waals surface area contributed by atoms with E-state index in [0.29, 0.717) is 12.3 Å². The molecule has 0 heterocycles. The van der Waals surface area contributed by atoms with Gasteiger partial charge in [0.05, 0.1) is 5.71 Å². The maximum absolute atomic E-state index is 8.36. The second-order valence-corrected chi connectivity index (χ2v) is 2.94. The fraction of sp³-hybridized carbons (Fsp3) is 0.300. The van der Waals surface area contributed by atoms with Crippen molar-refractivity contribution in [2.75, 3.05) is 6.61 Å². The Labute approximate surface area is 77.6 Å². The van der Waals surface area contributed by atoms with Crippen LogP contribution in [-0.2, 0) is 0 Å². The first-order valence-electron chi connectivity index (χ1n) is 4.09. The zero-order chi connectivity index (χ0) is 9.68. The molecule has 0 saturated carbocycles. The molecule has 0 aliphatic heterocycles. The van der Waals surface area contributed by atoms with Gasteiger partial charge in [0.15, 0.2) is 0 Å². The summed E-state index contributed by atoms with van der Waals surface area (Å²) in [6.07, 6.45) is 0. The normalized spacial score (nSPS) is 11.4. The van der Waals surface area contributed by atoms with Crippen molar-refractivity contribution < 1.29 is 9.94 Å². The van der Waals surface area contributed by atoms with E-state index in [0.717, 1.165) is 5.75 Å². The fourth-order valence-corrected chi connectivity index (χ4v) is 0.851. The molecule has 13 heavy (non-hydrogen) atoms. The second kappa shape index (κ2) is 4.50. The summed E-state index contributed by atoms with van der Waals surface area (Å²) < 4.78 is 5.32. The minimum absolute atomic E-state index is 0.319. The van der Waals surface area contributed by atoms with Crippen LogP contribution in [0.2, 0.25) is 0 Å². The molecule has 0 saturated heterocycles. The molecule has 0 aromatic heterocycles. The minimum Gasteiger partial charge on any atom is -0.488 e. The topological polar surface area (TPSA) is 41.8 Å². The monoisotopic (exact) mass is 179 g/mol. The van der Waals surface area contributed by atoms with Crippen LogP contribution >= 0.6 is 0 Å². The van der Waals surface area contributed by atoms with E-state index in [1.54, 1.807) is 6.92 Å². The molecular formula is C10H13NO2. The summed E-state index contributed by atoms with van der Waals surface area (Å²) in [5, 5.41) is 11.4. The Morgan fingerprint density at radius 3 is 2.54 bits per heavy atom. The maximum Gasteiger partial charge on any atom is 0.129 e. The molecule has 0 bridgehead atoms. The summed E-state index contributed by atoms with van der Waals surface area (Å²) in [5.41, 5.74) is 1.75. The van der Waals surface area contributed by atoms with Crippen molar-refractivity contribution >= 4 is 5.71 Å². The molecule has 3 nitrogen and oxygen atoms in total. The standard InChI is InChI=1S/C10H13NO2/c1-8-3-5-10(6-4-8)13-7-9(2)11-12/h3-6,12H,7H2,1-2H3/b11-9+. The van der Waals surface area contributed by atoms with Gasteiger partial charge in [0.1, 0.15) is 12.4 Å². The third-order valence-corrected chi connectivity index (χ3v) is 1.64. The molecule has 0 aliphatic rings. The van der Waals surface area contributed by atoms with E-state index in [1.165, 1.54) is 5.56 Å². The summed E-state index contributed by atoms with van der Waals surface area (Å²) in [6.45, 7) is 4.04. The first-order chi connectivity index (χ1) is 6.22. The van der Waals surface area contributed by atoms with Crippen molar-refractivity contribution in [1.29, 1.82) is 0 Å². The Morgan fingerprint density at radius 2 is 2.00 bits per heavy atom. The number of ether oxygens (including phenoxy) is 1. The predicted octanol–water partition coefficient (Wildman–Crippen LogP) is 2.22. The van der Waals surface area contributed by atoms with E-state index in [1.807, 2.05) is 31.2 Å². The zero-order valence-electron chi connectivity index (χ0n) is 7.82. The largest absolute Gasteiger partial charge is 0.488 e.